The van der Waals surface area contributed by atoms with E-state index in [2.05, 4.69) is 21.8 Å². The van der Waals surface area contributed by atoms with E-state index in [1.807, 2.05) is 0 Å². The first-order chi connectivity index (χ1) is 7.99. The SMILES string of the molecule is Cc1cn[nH]c1NS(=O)(=O)N1CCCC(C)C1. The monoisotopic (exact) mass is 258 g/mol. The van der Waals surface area contributed by atoms with Crippen molar-refractivity contribution < 1.29 is 8.42 Å². The number of H-pyrrole nitrogens is 1. The van der Waals surface area contributed by atoms with Gasteiger partial charge in [0.05, 0.1) is 6.20 Å². The Labute approximate surface area is 102 Å². The lowest BCUT2D eigenvalue weighted by atomic mass is 10.0. The maximum atomic E-state index is 12.1. The molecule has 17 heavy (non-hydrogen) atoms. The number of aromatic nitrogens is 2. The molecule has 2 heterocycles. The van der Waals surface area contributed by atoms with E-state index in [1.54, 1.807) is 13.1 Å². The molecule has 7 heteroatoms. The summed E-state index contributed by atoms with van der Waals surface area (Å²) in [5.74, 6) is 0.867. The number of anilines is 1. The molecule has 0 spiro atoms. The summed E-state index contributed by atoms with van der Waals surface area (Å²) in [5.41, 5.74) is 0.790. The van der Waals surface area contributed by atoms with E-state index in [9.17, 15) is 8.42 Å². The summed E-state index contributed by atoms with van der Waals surface area (Å²) in [5, 5.41) is 6.44. The Morgan fingerprint density at radius 2 is 2.35 bits per heavy atom. The van der Waals surface area contributed by atoms with Gasteiger partial charge in [0, 0.05) is 18.7 Å². The van der Waals surface area contributed by atoms with Gasteiger partial charge >= 0.3 is 10.2 Å². The average Bonchev–Trinajstić information content (AvgIpc) is 2.64. The molecule has 0 amide bonds. The molecular weight excluding hydrogens is 240 g/mol. The van der Waals surface area contributed by atoms with Crippen LogP contribution in [0, 0.1) is 12.8 Å². The maximum absolute atomic E-state index is 12.1. The molecule has 1 aliphatic rings. The summed E-state index contributed by atoms with van der Waals surface area (Å²) < 4.78 is 28.3. The Morgan fingerprint density at radius 3 is 2.94 bits per heavy atom. The molecule has 1 aliphatic heterocycles. The highest BCUT2D eigenvalue weighted by Gasteiger charge is 2.27. The average molecular weight is 258 g/mol. The summed E-state index contributed by atoms with van der Waals surface area (Å²) in [6.07, 6.45) is 3.61. The zero-order valence-electron chi connectivity index (χ0n) is 10.1. The van der Waals surface area contributed by atoms with Gasteiger partial charge in [-0.25, -0.2) is 0 Å². The van der Waals surface area contributed by atoms with Crippen LogP contribution in [0.25, 0.3) is 0 Å². The molecule has 1 aromatic rings. The van der Waals surface area contributed by atoms with Gasteiger partial charge in [0.15, 0.2) is 0 Å². The molecule has 0 radical (unpaired) electrons. The van der Waals surface area contributed by atoms with Crippen LogP contribution < -0.4 is 4.72 Å². The van der Waals surface area contributed by atoms with E-state index in [0.29, 0.717) is 24.8 Å². The standard InChI is InChI=1S/C10H18N4O2S/c1-8-4-3-5-14(7-8)17(15,16)13-10-9(2)6-11-12-10/h6,8H,3-5,7H2,1-2H3,(H2,11,12,13). The molecule has 1 atom stereocenters. The molecule has 1 saturated heterocycles. The third kappa shape index (κ3) is 2.78. The lowest BCUT2D eigenvalue weighted by Crippen LogP contribution is -2.42. The van der Waals surface area contributed by atoms with Crippen molar-refractivity contribution in [1.29, 1.82) is 0 Å². The fourth-order valence-electron chi connectivity index (χ4n) is 2.01. The number of nitrogens with zero attached hydrogens (tertiary/aromatic N) is 2. The minimum atomic E-state index is -3.45. The summed E-state index contributed by atoms with van der Waals surface area (Å²) in [6.45, 7) is 5.05. The molecule has 1 fully saturated rings. The van der Waals surface area contributed by atoms with Gasteiger partial charge in [0.25, 0.3) is 0 Å². The highest BCUT2D eigenvalue weighted by molar-refractivity contribution is 7.90. The van der Waals surface area contributed by atoms with Crippen molar-refractivity contribution in [3.63, 3.8) is 0 Å². The number of piperidine rings is 1. The smallest absolute Gasteiger partial charge is 0.262 e. The first-order valence-corrected chi connectivity index (χ1v) is 7.21. The first kappa shape index (κ1) is 12.4. The van der Waals surface area contributed by atoms with E-state index in [-0.39, 0.29) is 0 Å². The van der Waals surface area contributed by atoms with Crippen LogP contribution in [0.4, 0.5) is 5.82 Å². The second-order valence-corrected chi connectivity index (χ2v) is 6.31. The lowest BCUT2D eigenvalue weighted by Gasteiger charge is -2.29. The summed E-state index contributed by atoms with van der Waals surface area (Å²) in [6, 6.07) is 0. The van der Waals surface area contributed by atoms with Crippen molar-refractivity contribution in [3.8, 4) is 0 Å². The highest BCUT2D eigenvalue weighted by atomic mass is 32.2. The summed E-state index contributed by atoms with van der Waals surface area (Å²) in [7, 11) is -3.45. The molecule has 2 rings (SSSR count). The third-order valence-corrected chi connectivity index (χ3v) is 4.49. The molecule has 0 bridgehead atoms. The topological polar surface area (TPSA) is 78.1 Å². The number of rotatable bonds is 3. The predicted molar refractivity (Wildman–Crippen MR) is 65.8 cm³/mol. The van der Waals surface area contributed by atoms with Gasteiger partial charge in [-0.1, -0.05) is 6.92 Å². The van der Waals surface area contributed by atoms with Gasteiger partial charge in [-0.3, -0.25) is 9.82 Å². The second kappa shape index (κ2) is 4.66. The number of aromatic amines is 1. The largest absolute Gasteiger partial charge is 0.302 e. The lowest BCUT2D eigenvalue weighted by molar-refractivity contribution is 0.282. The Balaban J connectivity index is 2.11. The minimum Gasteiger partial charge on any atom is -0.262 e. The Morgan fingerprint density at radius 1 is 1.59 bits per heavy atom. The Bertz CT molecular complexity index is 482. The molecule has 96 valence electrons. The van der Waals surface area contributed by atoms with Gasteiger partial charge in [-0.2, -0.15) is 17.8 Å². The van der Waals surface area contributed by atoms with Crippen molar-refractivity contribution in [2.75, 3.05) is 17.8 Å². The highest BCUT2D eigenvalue weighted by Crippen LogP contribution is 2.20. The van der Waals surface area contributed by atoms with E-state index < -0.39 is 10.2 Å². The molecule has 0 aliphatic carbocycles. The van der Waals surface area contributed by atoms with Crippen LogP contribution in [0.3, 0.4) is 0 Å². The van der Waals surface area contributed by atoms with Crippen LogP contribution in [0.1, 0.15) is 25.3 Å². The first-order valence-electron chi connectivity index (χ1n) is 5.77. The van der Waals surface area contributed by atoms with Gasteiger partial charge in [0.2, 0.25) is 0 Å². The van der Waals surface area contributed by atoms with Crippen LogP contribution in [-0.2, 0) is 10.2 Å². The summed E-state index contributed by atoms with van der Waals surface area (Å²) in [4.78, 5) is 0. The fraction of sp³-hybridized carbons (Fsp3) is 0.700. The van der Waals surface area contributed by atoms with Crippen LogP contribution in [0.15, 0.2) is 6.20 Å². The molecule has 1 aromatic heterocycles. The molecule has 0 saturated carbocycles. The van der Waals surface area contributed by atoms with Gasteiger partial charge < -0.3 is 0 Å². The van der Waals surface area contributed by atoms with Crippen molar-refractivity contribution in [2.45, 2.75) is 26.7 Å². The predicted octanol–water partition coefficient (Wildman–Crippen LogP) is 1.11. The van der Waals surface area contributed by atoms with E-state index in [4.69, 9.17) is 0 Å². The molecule has 6 nitrogen and oxygen atoms in total. The number of hydrogen-bond donors (Lipinski definition) is 2. The van der Waals surface area contributed by atoms with E-state index in [0.717, 1.165) is 18.4 Å². The zero-order chi connectivity index (χ0) is 12.5. The second-order valence-electron chi connectivity index (χ2n) is 4.64. The Hall–Kier alpha value is -1.08. The number of nitrogens with one attached hydrogen (secondary N) is 2. The summed E-state index contributed by atoms with van der Waals surface area (Å²) >= 11 is 0. The molecule has 1 unspecified atom stereocenters. The van der Waals surface area contributed by atoms with Gasteiger partial charge in [0.1, 0.15) is 5.82 Å². The zero-order valence-corrected chi connectivity index (χ0v) is 10.9. The van der Waals surface area contributed by atoms with Gasteiger partial charge in [-0.05, 0) is 25.7 Å². The Kier molecular flexibility index (Phi) is 3.39. The number of hydrogen-bond acceptors (Lipinski definition) is 3. The van der Waals surface area contributed by atoms with E-state index in [1.165, 1.54) is 4.31 Å². The van der Waals surface area contributed by atoms with Crippen LogP contribution in [0.2, 0.25) is 0 Å². The molecular formula is C10H18N4O2S. The van der Waals surface area contributed by atoms with Crippen molar-refractivity contribution in [3.05, 3.63) is 11.8 Å². The number of aryl methyl sites for hydroxylation is 1. The van der Waals surface area contributed by atoms with Crippen LogP contribution in [0.5, 0.6) is 0 Å². The fourth-order valence-corrected chi connectivity index (χ4v) is 3.42. The normalized spacial score (nSPS) is 22.6. The van der Waals surface area contributed by atoms with Crippen molar-refractivity contribution >= 4 is 16.0 Å². The maximum Gasteiger partial charge on any atom is 0.302 e. The van der Waals surface area contributed by atoms with E-state index >= 15 is 0 Å². The van der Waals surface area contributed by atoms with Crippen LogP contribution >= 0.6 is 0 Å². The molecule has 2 N–H and O–H groups in total. The molecule has 0 aromatic carbocycles. The third-order valence-electron chi connectivity index (χ3n) is 3.02. The van der Waals surface area contributed by atoms with Crippen molar-refractivity contribution in [1.82, 2.24) is 14.5 Å². The minimum absolute atomic E-state index is 0.420. The van der Waals surface area contributed by atoms with Crippen molar-refractivity contribution in [2.24, 2.45) is 5.92 Å². The van der Waals surface area contributed by atoms with Gasteiger partial charge in [-0.15, -0.1) is 0 Å². The van der Waals surface area contributed by atoms with Crippen LogP contribution in [-0.4, -0.2) is 36.0 Å². The quantitative estimate of drug-likeness (QED) is 0.852.